The van der Waals surface area contributed by atoms with Crippen LogP contribution in [0.25, 0.3) is 0 Å². The van der Waals surface area contributed by atoms with E-state index in [0.717, 1.165) is 10.6 Å². The number of aryl methyl sites for hydroxylation is 1. The predicted molar refractivity (Wildman–Crippen MR) is 117 cm³/mol. The molecule has 0 unspecified atom stereocenters. The first-order valence-electron chi connectivity index (χ1n) is 9.39. The molecular weight excluding hydrogens is 418 g/mol. The van der Waals surface area contributed by atoms with Crippen molar-refractivity contribution in [3.05, 3.63) is 71.6 Å². The molecule has 0 aliphatic rings. The molecule has 0 radical (unpaired) electrons. The molecule has 160 valence electrons. The first-order chi connectivity index (χ1) is 14.9. The molecule has 0 saturated heterocycles. The third kappa shape index (κ3) is 6.71. The molecule has 0 aliphatic heterocycles. The first kappa shape index (κ1) is 22.1. The van der Waals surface area contributed by atoms with E-state index in [9.17, 15) is 14.4 Å². The second-order valence-electron chi connectivity index (χ2n) is 6.60. The van der Waals surface area contributed by atoms with Gasteiger partial charge in [0, 0.05) is 29.3 Å². The molecule has 1 aromatic heterocycles. The maximum atomic E-state index is 12.5. The number of thioether (sulfide) groups is 1. The monoisotopic (exact) mass is 439 g/mol. The topological polar surface area (TPSA) is 111 Å². The van der Waals surface area contributed by atoms with E-state index < -0.39 is 18.5 Å². The average Bonchev–Trinajstić information content (AvgIpc) is 3.17. The second-order valence-corrected chi connectivity index (χ2v) is 7.62. The Morgan fingerprint density at radius 2 is 1.71 bits per heavy atom. The van der Waals surface area contributed by atoms with Crippen LogP contribution >= 0.6 is 11.8 Å². The molecular formula is C22H21N3O5S. The molecule has 0 spiro atoms. The first-order valence-corrected chi connectivity index (χ1v) is 10.4. The van der Waals surface area contributed by atoms with Gasteiger partial charge < -0.3 is 19.9 Å². The van der Waals surface area contributed by atoms with Gasteiger partial charge in [0.25, 0.3) is 5.91 Å². The summed E-state index contributed by atoms with van der Waals surface area (Å²) in [5.74, 6) is -0.0244. The number of rotatable bonds is 8. The average molecular weight is 439 g/mol. The minimum atomic E-state index is -0.590. The summed E-state index contributed by atoms with van der Waals surface area (Å²) in [4.78, 5) is 36.4. The third-order valence-corrected chi connectivity index (χ3v) is 5.07. The lowest BCUT2D eigenvalue weighted by molar-refractivity contribution is -0.119. The maximum Gasteiger partial charge on any atom is 0.339 e. The van der Waals surface area contributed by atoms with E-state index in [1.807, 2.05) is 19.1 Å². The zero-order valence-electron chi connectivity index (χ0n) is 17.0. The Morgan fingerprint density at radius 3 is 2.35 bits per heavy atom. The summed E-state index contributed by atoms with van der Waals surface area (Å²) in [6.45, 7) is 2.83. The Balaban J connectivity index is 1.53. The normalized spacial score (nSPS) is 10.4. The number of ether oxygens (including phenoxy) is 1. The van der Waals surface area contributed by atoms with Gasteiger partial charge in [-0.15, -0.1) is 11.8 Å². The number of esters is 1. The van der Waals surface area contributed by atoms with Gasteiger partial charge in [-0.25, -0.2) is 4.79 Å². The van der Waals surface area contributed by atoms with Gasteiger partial charge in [-0.3, -0.25) is 9.59 Å². The summed E-state index contributed by atoms with van der Waals surface area (Å²) in [5.41, 5.74) is 2.30. The fraction of sp³-hybridized carbons (Fsp3) is 0.182. The summed E-state index contributed by atoms with van der Waals surface area (Å²) in [6, 6.07) is 15.4. The van der Waals surface area contributed by atoms with Crippen LogP contribution < -0.4 is 10.6 Å². The molecule has 3 aromatic rings. The summed E-state index contributed by atoms with van der Waals surface area (Å²) >= 11 is 1.42. The Bertz CT molecular complexity index is 1080. The lowest BCUT2D eigenvalue weighted by Crippen LogP contribution is -2.21. The van der Waals surface area contributed by atoms with Crippen LogP contribution in [0.2, 0.25) is 0 Å². The lowest BCUT2D eigenvalue weighted by Gasteiger charge is -2.10. The van der Waals surface area contributed by atoms with E-state index >= 15 is 0 Å². The molecule has 0 atom stereocenters. The molecule has 3 rings (SSSR count). The van der Waals surface area contributed by atoms with Crippen LogP contribution in [0.3, 0.4) is 0 Å². The van der Waals surface area contributed by atoms with Gasteiger partial charge >= 0.3 is 5.97 Å². The number of anilines is 2. The summed E-state index contributed by atoms with van der Waals surface area (Å²) in [5, 5.41) is 9.12. The van der Waals surface area contributed by atoms with Crippen LogP contribution in [-0.2, 0) is 20.1 Å². The fourth-order valence-corrected chi connectivity index (χ4v) is 3.56. The summed E-state index contributed by atoms with van der Waals surface area (Å²) in [6.07, 6.45) is 0. The van der Waals surface area contributed by atoms with Crippen molar-refractivity contribution in [1.29, 1.82) is 0 Å². The van der Waals surface area contributed by atoms with Crippen LogP contribution in [0.1, 0.15) is 28.7 Å². The largest absolute Gasteiger partial charge is 0.452 e. The smallest absolute Gasteiger partial charge is 0.339 e. The molecule has 9 heteroatoms. The van der Waals surface area contributed by atoms with Crippen molar-refractivity contribution < 1.29 is 23.6 Å². The number of hydrogen-bond donors (Lipinski definition) is 2. The molecule has 2 aromatic carbocycles. The SMILES string of the molecule is CC(=O)Nc1ccc(NC(=O)COC(=O)c2ccccc2SCc2cc(C)no2)cc1. The number of hydrogen-bond acceptors (Lipinski definition) is 7. The number of carbonyl (C=O) groups excluding carboxylic acids is 3. The Labute approximate surface area is 183 Å². The highest BCUT2D eigenvalue weighted by Crippen LogP contribution is 2.27. The van der Waals surface area contributed by atoms with Crippen molar-refractivity contribution in [3.8, 4) is 0 Å². The van der Waals surface area contributed by atoms with Crippen LogP contribution in [0, 0.1) is 6.92 Å². The molecule has 2 N–H and O–H groups in total. The van der Waals surface area contributed by atoms with Gasteiger partial charge in [-0.05, 0) is 43.3 Å². The number of benzene rings is 2. The maximum absolute atomic E-state index is 12.5. The van der Waals surface area contributed by atoms with Crippen molar-refractivity contribution in [3.63, 3.8) is 0 Å². The van der Waals surface area contributed by atoms with E-state index in [-0.39, 0.29) is 5.91 Å². The summed E-state index contributed by atoms with van der Waals surface area (Å²) < 4.78 is 10.4. The number of nitrogens with one attached hydrogen (secondary N) is 2. The molecule has 0 bridgehead atoms. The molecule has 31 heavy (non-hydrogen) atoms. The van der Waals surface area contributed by atoms with Crippen LogP contribution in [-0.4, -0.2) is 29.5 Å². The van der Waals surface area contributed by atoms with Crippen LogP contribution in [0.5, 0.6) is 0 Å². The molecule has 2 amide bonds. The van der Waals surface area contributed by atoms with Crippen LogP contribution in [0.15, 0.2) is 64.0 Å². The number of aromatic nitrogens is 1. The second kappa shape index (κ2) is 10.4. The highest BCUT2D eigenvalue weighted by molar-refractivity contribution is 7.98. The minimum Gasteiger partial charge on any atom is -0.452 e. The molecule has 0 fully saturated rings. The minimum absolute atomic E-state index is 0.182. The highest BCUT2D eigenvalue weighted by atomic mass is 32.2. The number of carbonyl (C=O) groups is 3. The number of amides is 2. The van der Waals surface area contributed by atoms with Gasteiger partial charge in [-0.1, -0.05) is 17.3 Å². The summed E-state index contributed by atoms with van der Waals surface area (Å²) in [7, 11) is 0. The van der Waals surface area contributed by atoms with E-state index in [2.05, 4.69) is 15.8 Å². The Kier molecular flexibility index (Phi) is 7.45. The quantitative estimate of drug-likeness (QED) is 0.403. The zero-order valence-corrected chi connectivity index (χ0v) is 17.8. The van der Waals surface area contributed by atoms with Crippen molar-refractivity contribution in [2.45, 2.75) is 24.5 Å². The van der Waals surface area contributed by atoms with Crippen molar-refractivity contribution in [2.75, 3.05) is 17.2 Å². The Morgan fingerprint density at radius 1 is 1.03 bits per heavy atom. The standard InChI is InChI=1S/C22H21N3O5S/c1-14-11-18(30-25-14)13-31-20-6-4-3-5-19(20)22(28)29-12-21(27)24-17-9-7-16(8-10-17)23-15(2)26/h3-11H,12-13H2,1-2H3,(H,23,26)(H,24,27). The molecule has 0 aliphatic carbocycles. The molecule has 1 heterocycles. The molecule has 0 saturated carbocycles. The van der Waals surface area contributed by atoms with E-state index in [4.69, 9.17) is 9.26 Å². The van der Waals surface area contributed by atoms with Gasteiger partial charge in [0.1, 0.15) is 5.76 Å². The van der Waals surface area contributed by atoms with Crippen molar-refractivity contribution in [2.24, 2.45) is 0 Å². The Hall–Kier alpha value is -3.59. The van der Waals surface area contributed by atoms with E-state index in [1.54, 1.807) is 42.5 Å². The fourth-order valence-electron chi connectivity index (χ4n) is 2.64. The predicted octanol–water partition coefficient (Wildman–Crippen LogP) is 4.03. The van der Waals surface area contributed by atoms with Crippen molar-refractivity contribution in [1.82, 2.24) is 5.16 Å². The van der Waals surface area contributed by atoms with Gasteiger partial charge in [0.2, 0.25) is 5.91 Å². The number of nitrogens with zero attached hydrogens (tertiary/aromatic N) is 1. The van der Waals surface area contributed by atoms with Gasteiger partial charge in [0.05, 0.1) is 17.0 Å². The third-order valence-electron chi connectivity index (χ3n) is 3.98. The van der Waals surface area contributed by atoms with Crippen LogP contribution in [0.4, 0.5) is 11.4 Å². The van der Waals surface area contributed by atoms with Crippen molar-refractivity contribution >= 4 is 40.9 Å². The van der Waals surface area contributed by atoms with E-state index in [0.29, 0.717) is 28.5 Å². The molecule has 8 nitrogen and oxygen atoms in total. The van der Waals surface area contributed by atoms with Gasteiger partial charge in [0.15, 0.2) is 6.61 Å². The van der Waals surface area contributed by atoms with E-state index in [1.165, 1.54) is 18.7 Å². The lowest BCUT2D eigenvalue weighted by atomic mass is 10.2. The van der Waals surface area contributed by atoms with Gasteiger partial charge in [-0.2, -0.15) is 0 Å². The zero-order chi connectivity index (χ0) is 22.2. The highest BCUT2D eigenvalue weighted by Gasteiger charge is 2.15.